The van der Waals surface area contributed by atoms with Crippen molar-refractivity contribution in [3.8, 4) is 11.1 Å². The third kappa shape index (κ3) is 10.4. The highest BCUT2D eigenvalue weighted by Gasteiger charge is 2.42. The normalized spacial score (nSPS) is 20.5. The number of fused-ring (bicyclic) bond motifs is 1. The molecular weight excluding hydrogens is 642 g/mol. The van der Waals surface area contributed by atoms with Gasteiger partial charge in [0.05, 0.1) is 31.9 Å². The highest BCUT2D eigenvalue weighted by Crippen LogP contribution is 2.40. The van der Waals surface area contributed by atoms with Crippen molar-refractivity contribution in [1.29, 1.82) is 0 Å². The highest BCUT2D eigenvalue weighted by atomic mass is 16.7. The van der Waals surface area contributed by atoms with Crippen LogP contribution in [-0.4, -0.2) is 93.8 Å². The van der Waals surface area contributed by atoms with Gasteiger partial charge in [-0.1, -0.05) is 85.6 Å². The van der Waals surface area contributed by atoms with E-state index < -0.39 is 6.29 Å². The van der Waals surface area contributed by atoms with Crippen LogP contribution >= 0.6 is 0 Å². The van der Waals surface area contributed by atoms with Gasteiger partial charge >= 0.3 is 6.09 Å². The molecule has 0 spiro atoms. The summed E-state index contributed by atoms with van der Waals surface area (Å²) in [7, 11) is 3.23. The first-order valence-corrected chi connectivity index (χ1v) is 18.8. The number of para-hydroxylation sites is 1. The van der Waals surface area contributed by atoms with Gasteiger partial charge in [-0.05, 0) is 73.1 Å². The van der Waals surface area contributed by atoms with Crippen molar-refractivity contribution < 1.29 is 28.5 Å². The number of amides is 2. The lowest BCUT2D eigenvalue weighted by Gasteiger charge is -2.31. The van der Waals surface area contributed by atoms with Crippen LogP contribution in [0.4, 0.5) is 10.5 Å². The Morgan fingerprint density at radius 3 is 2.16 bits per heavy atom. The Balaban J connectivity index is 0.857. The van der Waals surface area contributed by atoms with Crippen LogP contribution in [0.1, 0.15) is 56.1 Å². The van der Waals surface area contributed by atoms with Crippen LogP contribution in [0.15, 0.2) is 78.9 Å². The zero-order chi connectivity index (χ0) is 35.4. The van der Waals surface area contributed by atoms with E-state index in [4.69, 9.17) is 18.9 Å². The van der Waals surface area contributed by atoms with Crippen LogP contribution in [0.25, 0.3) is 11.1 Å². The lowest BCUT2D eigenvalue weighted by molar-refractivity contribution is -0.150. The number of nitrogens with one attached hydrogen (secondary N) is 1. The Labute approximate surface area is 303 Å². The van der Waals surface area contributed by atoms with E-state index in [9.17, 15) is 9.59 Å². The van der Waals surface area contributed by atoms with Gasteiger partial charge in [-0.2, -0.15) is 0 Å². The van der Waals surface area contributed by atoms with E-state index in [1.165, 1.54) is 24.0 Å². The number of hydrogen-bond acceptors (Lipinski definition) is 7. The Morgan fingerprint density at radius 1 is 0.824 bits per heavy atom. The van der Waals surface area contributed by atoms with Gasteiger partial charge in [0, 0.05) is 45.5 Å². The van der Waals surface area contributed by atoms with Gasteiger partial charge in [0.2, 0.25) is 5.91 Å². The second kappa shape index (κ2) is 18.6. The summed E-state index contributed by atoms with van der Waals surface area (Å²) in [5.74, 6) is 1.27. The smallest absolute Gasteiger partial charge is 0.411 e. The van der Waals surface area contributed by atoms with Crippen LogP contribution in [0.5, 0.6) is 0 Å². The van der Waals surface area contributed by atoms with Crippen LogP contribution in [0.3, 0.4) is 0 Å². The van der Waals surface area contributed by atoms with Crippen LogP contribution in [-0.2, 0) is 36.6 Å². The number of ether oxygens (including phenoxy) is 4. The molecule has 3 atom stereocenters. The van der Waals surface area contributed by atoms with Crippen molar-refractivity contribution in [3.63, 3.8) is 0 Å². The summed E-state index contributed by atoms with van der Waals surface area (Å²) < 4.78 is 22.5. The third-order valence-electron chi connectivity index (χ3n) is 11.0. The lowest BCUT2D eigenvalue weighted by atomic mass is 10.0. The molecule has 3 fully saturated rings. The third-order valence-corrected chi connectivity index (χ3v) is 11.0. The first-order valence-electron chi connectivity index (χ1n) is 18.8. The Hall–Kier alpha value is -3.76. The summed E-state index contributed by atoms with van der Waals surface area (Å²) in [5.41, 5.74) is 5.40. The van der Waals surface area contributed by atoms with Crippen molar-refractivity contribution in [2.45, 2.75) is 76.2 Å². The van der Waals surface area contributed by atoms with Crippen molar-refractivity contribution >= 4 is 17.7 Å². The molecule has 3 aromatic rings. The maximum Gasteiger partial charge on any atom is 0.411 e. The largest absolute Gasteiger partial charge is 0.446 e. The fourth-order valence-electron chi connectivity index (χ4n) is 8.20. The molecule has 3 aromatic carbocycles. The van der Waals surface area contributed by atoms with E-state index in [0.29, 0.717) is 38.0 Å². The summed E-state index contributed by atoms with van der Waals surface area (Å²) >= 11 is 0. The molecule has 1 aliphatic heterocycles. The number of methoxy groups -OCH3 is 2. The number of likely N-dealkylation sites (tertiary alicyclic amines) is 1. The van der Waals surface area contributed by atoms with Gasteiger partial charge in [-0.25, -0.2) is 4.79 Å². The van der Waals surface area contributed by atoms with E-state index >= 15 is 0 Å². The molecule has 1 saturated heterocycles. The first kappa shape index (κ1) is 37.0. The molecule has 51 heavy (non-hydrogen) atoms. The number of nitrogens with zero attached hydrogens (tertiary/aromatic N) is 2. The summed E-state index contributed by atoms with van der Waals surface area (Å²) in [5, 5.41) is 2.99. The quantitative estimate of drug-likeness (QED) is 0.118. The number of benzene rings is 3. The van der Waals surface area contributed by atoms with Crippen molar-refractivity contribution in [1.82, 2.24) is 9.80 Å². The van der Waals surface area contributed by atoms with Crippen LogP contribution in [0.2, 0.25) is 0 Å². The van der Waals surface area contributed by atoms with E-state index in [1.54, 1.807) is 14.2 Å². The number of carbonyl (C=O) groups is 2. The fourth-order valence-corrected chi connectivity index (χ4v) is 8.20. The van der Waals surface area contributed by atoms with Crippen molar-refractivity contribution in [3.05, 3.63) is 90.0 Å². The Kier molecular flexibility index (Phi) is 13.5. The topological polar surface area (TPSA) is 89.6 Å². The predicted molar refractivity (Wildman–Crippen MR) is 199 cm³/mol. The van der Waals surface area contributed by atoms with Gasteiger partial charge in [-0.15, -0.1) is 0 Å². The average molecular weight is 698 g/mol. The molecule has 0 radical (unpaired) electrons. The van der Waals surface area contributed by atoms with Gasteiger partial charge in [0.1, 0.15) is 6.10 Å². The maximum absolute atomic E-state index is 13.0. The molecule has 1 unspecified atom stereocenters. The molecule has 0 bridgehead atoms. The molecule has 1 heterocycles. The van der Waals surface area contributed by atoms with Crippen molar-refractivity contribution in [2.75, 3.05) is 58.9 Å². The monoisotopic (exact) mass is 697 g/mol. The minimum absolute atomic E-state index is 0.0285. The molecule has 6 rings (SSSR count). The molecule has 274 valence electrons. The molecule has 2 amide bonds. The Bertz CT molecular complexity index is 1510. The van der Waals surface area contributed by atoms with E-state index in [1.807, 2.05) is 59.5 Å². The molecule has 9 heteroatoms. The fraction of sp³-hybridized carbons (Fsp3) is 0.524. The summed E-state index contributed by atoms with van der Waals surface area (Å²) in [4.78, 5) is 30.4. The minimum atomic E-state index is -0.404. The van der Waals surface area contributed by atoms with Crippen LogP contribution < -0.4 is 5.32 Å². The van der Waals surface area contributed by atoms with E-state index in [2.05, 4.69) is 34.5 Å². The second-order valence-electron chi connectivity index (χ2n) is 14.4. The van der Waals surface area contributed by atoms with E-state index in [-0.39, 0.29) is 24.1 Å². The summed E-state index contributed by atoms with van der Waals surface area (Å²) in [6.45, 7) is 4.66. The molecule has 2 saturated carbocycles. The number of rotatable bonds is 17. The van der Waals surface area contributed by atoms with Crippen molar-refractivity contribution in [2.24, 2.45) is 11.8 Å². The highest BCUT2D eigenvalue weighted by molar-refractivity contribution is 5.91. The molecule has 2 aliphatic carbocycles. The lowest BCUT2D eigenvalue weighted by Crippen LogP contribution is -2.44. The minimum Gasteiger partial charge on any atom is -0.446 e. The molecule has 3 aliphatic rings. The second-order valence-corrected chi connectivity index (χ2v) is 14.4. The van der Waals surface area contributed by atoms with Gasteiger partial charge in [0.15, 0.2) is 6.29 Å². The summed E-state index contributed by atoms with van der Waals surface area (Å²) in [6, 6.07) is 27.1. The standard InChI is InChI=1S/C42H55N3O6/c1-48-41(49-2)30-45(36-12-6-7-13-36)40(46)22-25-50-24-21-32-18-16-31(17-19-32)20-23-44-28-34-26-37(27-35(34)29-44)51-42(47)43-39-15-9-8-14-38(39)33-10-4-3-5-11-33/h3-5,8-11,14-19,34-37,41H,6-7,12-13,20-30H2,1-2H3,(H,43,47)/t34-,35?,37+/m1/s1. The van der Waals surface area contributed by atoms with Gasteiger partial charge < -0.3 is 28.7 Å². The van der Waals surface area contributed by atoms with Gasteiger partial charge in [-0.3, -0.25) is 10.1 Å². The Morgan fingerprint density at radius 2 is 1.47 bits per heavy atom. The molecule has 1 N–H and O–H groups in total. The van der Waals surface area contributed by atoms with Crippen LogP contribution in [0, 0.1) is 11.8 Å². The first-order chi connectivity index (χ1) is 25.0. The van der Waals surface area contributed by atoms with E-state index in [0.717, 1.165) is 75.0 Å². The summed E-state index contributed by atoms with van der Waals surface area (Å²) in [6.07, 6.45) is 7.71. The number of carbonyl (C=O) groups excluding carboxylic acids is 2. The predicted octanol–water partition coefficient (Wildman–Crippen LogP) is 7.19. The SMILES string of the molecule is COC(CN(C(=O)CCOCCc1ccc(CCN2CC3C[C@@H](OC(=O)Nc4ccccc4-c4ccccc4)C[C@@H]3C2)cc1)C1CCCC1)OC. The zero-order valence-electron chi connectivity index (χ0n) is 30.3. The average Bonchev–Trinajstić information content (AvgIpc) is 3.90. The maximum atomic E-state index is 13.0. The number of anilines is 1. The van der Waals surface area contributed by atoms with Gasteiger partial charge in [0.25, 0.3) is 0 Å². The number of hydrogen-bond donors (Lipinski definition) is 1. The zero-order valence-corrected chi connectivity index (χ0v) is 30.3. The molecule has 9 nitrogen and oxygen atoms in total. The molecule has 0 aromatic heterocycles. The molecular formula is C42H55N3O6.